The fraction of sp³-hybridized carbons (Fsp3) is 0.250. The largest absolute Gasteiger partial charge is 0.478 e. The molecule has 18 heavy (non-hydrogen) atoms. The molecule has 0 saturated carbocycles. The van der Waals surface area contributed by atoms with Crippen LogP contribution < -0.4 is 0 Å². The summed E-state index contributed by atoms with van der Waals surface area (Å²) >= 11 is 5.67. The van der Waals surface area contributed by atoms with Crippen molar-refractivity contribution in [3.63, 3.8) is 0 Å². The molecule has 0 radical (unpaired) electrons. The Morgan fingerprint density at radius 1 is 1.44 bits per heavy atom. The molecule has 0 heterocycles. The van der Waals surface area contributed by atoms with E-state index in [4.69, 9.17) is 23.1 Å². The molecule has 1 N–H and O–H groups in total. The maximum atomic E-state index is 11.9. The van der Waals surface area contributed by atoms with Crippen molar-refractivity contribution in [2.24, 2.45) is 0 Å². The van der Waals surface area contributed by atoms with Gasteiger partial charge in [0, 0.05) is 6.42 Å². The lowest BCUT2D eigenvalue weighted by Crippen LogP contribution is -2.08. The Labute approximate surface area is 111 Å². The van der Waals surface area contributed by atoms with E-state index in [-0.39, 0.29) is 21.2 Å². The molecule has 0 aliphatic rings. The van der Waals surface area contributed by atoms with Gasteiger partial charge in [-0.25, -0.2) is 13.2 Å². The molecule has 0 aliphatic carbocycles. The maximum absolute atomic E-state index is 11.9. The van der Waals surface area contributed by atoms with Crippen LogP contribution in [0.25, 0.3) is 0 Å². The van der Waals surface area contributed by atoms with E-state index in [1.54, 1.807) is 0 Å². The van der Waals surface area contributed by atoms with Crippen molar-refractivity contribution in [3.05, 3.63) is 28.8 Å². The number of sulfone groups is 1. The van der Waals surface area contributed by atoms with Crippen LogP contribution in [0.2, 0.25) is 5.02 Å². The number of carboxylic acids is 1. The zero-order chi connectivity index (χ0) is 13.8. The highest BCUT2D eigenvalue weighted by Crippen LogP contribution is 2.21. The molecule has 1 aromatic carbocycles. The molecule has 1 aromatic rings. The smallest absolute Gasteiger partial charge is 0.337 e. The lowest BCUT2D eigenvalue weighted by molar-refractivity contribution is 0.0697. The van der Waals surface area contributed by atoms with Crippen molar-refractivity contribution >= 4 is 27.4 Å². The summed E-state index contributed by atoms with van der Waals surface area (Å²) in [6.07, 6.45) is 5.74. The zero-order valence-corrected chi connectivity index (χ0v) is 11.0. The van der Waals surface area contributed by atoms with Crippen LogP contribution in [0.5, 0.6) is 0 Å². The van der Waals surface area contributed by atoms with Crippen molar-refractivity contribution in [2.75, 3.05) is 5.75 Å². The highest BCUT2D eigenvalue weighted by atomic mass is 35.5. The average Bonchev–Trinajstić information content (AvgIpc) is 2.29. The van der Waals surface area contributed by atoms with Crippen LogP contribution >= 0.6 is 11.6 Å². The first-order valence-electron chi connectivity index (χ1n) is 5.07. The normalized spacial score (nSPS) is 10.9. The van der Waals surface area contributed by atoms with Crippen LogP contribution in [-0.2, 0) is 9.84 Å². The quantitative estimate of drug-likeness (QED) is 0.665. The SMILES string of the molecule is C#CCCCS(=O)(=O)c1ccc(Cl)c(C(=O)O)c1. The molecular weight excluding hydrogens is 276 g/mol. The van der Waals surface area contributed by atoms with Gasteiger partial charge < -0.3 is 5.11 Å². The molecule has 0 aromatic heterocycles. The lowest BCUT2D eigenvalue weighted by Gasteiger charge is -2.05. The third-order valence-electron chi connectivity index (χ3n) is 2.26. The molecule has 0 saturated heterocycles. The van der Waals surface area contributed by atoms with Gasteiger partial charge in [-0.3, -0.25) is 0 Å². The molecule has 96 valence electrons. The van der Waals surface area contributed by atoms with E-state index in [0.717, 1.165) is 6.07 Å². The van der Waals surface area contributed by atoms with Gasteiger partial charge in [0.15, 0.2) is 9.84 Å². The minimum absolute atomic E-state index is 0.00470. The summed E-state index contributed by atoms with van der Waals surface area (Å²) in [6, 6.07) is 3.62. The van der Waals surface area contributed by atoms with Crippen LogP contribution in [0.15, 0.2) is 23.1 Å². The Balaban J connectivity index is 3.07. The third kappa shape index (κ3) is 3.49. The Kier molecular flexibility index (Phi) is 4.76. The van der Waals surface area contributed by atoms with E-state index in [1.165, 1.54) is 12.1 Å². The van der Waals surface area contributed by atoms with Crippen LogP contribution in [-0.4, -0.2) is 25.2 Å². The predicted molar refractivity (Wildman–Crippen MR) is 68.5 cm³/mol. The number of benzene rings is 1. The van der Waals surface area contributed by atoms with Crippen molar-refractivity contribution in [1.29, 1.82) is 0 Å². The second-order valence-electron chi connectivity index (χ2n) is 3.57. The highest BCUT2D eigenvalue weighted by molar-refractivity contribution is 7.91. The first-order valence-corrected chi connectivity index (χ1v) is 7.10. The van der Waals surface area contributed by atoms with Crippen molar-refractivity contribution in [3.8, 4) is 12.3 Å². The van der Waals surface area contributed by atoms with Gasteiger partial charge in [0.1, 0.15) is 0 Å². The van der Waals surface area contributed by atoms with E-state index >= 15 is 0 Å². The standard InChI is InChI=1S/C12H11ClO4S/c1-2-3-4-7-18(16,17)9-5-6-11(13)10(8-9)12(14)15/h1,5-6,8H,3-4,7H2,(H,14,15). The van der Waals surface area contributed by atoms with Crippen molar-refractivity contribution in [2.45, 2.75) is 17.7 Å². The van der Waals surface area contributed by atoms with Gasteiger partial charge in [0.05, 0.1) is 21.2 Å². The molecule has 4 nitrogen and oxygen atoms in total. The number of unbranched alkanes of at least 4 members (excludes halogenated alkanes) is 1. The predicted octanol–water partition coefficient (Wildman–Crippen LogP) is 2.23. The first kappa shape index (κ1) is 14.6. The summed E-state index contributed by atoms with van der Waals surface area (Å²) in [7, 11) is -3.52. The third-order valence-corrected chi connectivity index (χ3v) is 4.39. The lowest BCUT2D eigenvalue weighted by atomic mass is 10.2. The first-order chi connectivity index (χ1) is 8.38. The van der Waals surface area contributed by atoms with E-state index < -0.39 is 15.8 Å². The van der Waals surface area contributed by atoms with Gasteiger partial charge in [-0.2, -0.15) is 0 Å². The number of halogens is 1. The maximum Gasteiger partial charge on any atom is 0.337 e. The van der Waals surface area contributed by atoms with E-state index in [2.05, 4.69) is 5.92 Å². The van der Waals surface area contributed by atoms with Gasteiger partial charge in [0.25, 0.3) is 0 Å². The number of carboxylic acid groups (broad SMARTS) is 1. The van der Waals surface area contributed by atoms with Crippen molar-refractivity contribution < 1.29 is 18.3 Å². The molecule has 0 aliphatic heterocycles. The summed E-state index contributed by atoms with van der Waals surface area (Å²) in [5, 5.41) is 8.87. The summed E-state index contributed by atoms with van der Waals surface area (Å²) < 4.78 is 23.8. The zero-order valence-electron chi connectivity index (χ0n) is 9.39. The van der Waals surface area contributed by atoms with Crippen LogP contribution in [0.1, 0.15) is 23.2 Å². The molecule has 0 amide bonds. The second-order valence-corrected chi connectivity index (χ2v) is 6.09. The summed E-state index contributed by atoms with van der Waals surface area (Å²) in [4.78, 5) is 10.8. The Hall–Kier alpha value is -1.51. The van der Waals surface area contributed by atoms with Gasteiger partial charge in [0.2, 0.25) is 0 Å². The van der Waals surface area contributed by atoms with E-state index in [1.807, 2.05) is 0 Å². The van der Waals surface area contributed by atoms with Crippen LogP contribution in [0.3, 0.4) is 0 Å². The fourth-order valence-electron chi connectivity index (χ4n) is 1.34. The molecule has 0 spiro atoms. The number of terminal acetylenes is 1. The van der Waals surface area contributed by atoms with Gasteiger partial charge in [-0.05, 0) is 24.6 Å². The van der Waals surface area contributed by atoms with Crippen LogP contribution in [0.4, 0.5) is 0 Å². The number of carbonyl (C=O) groups is 1. The number of hydrogen-bond donors (Lipinski definition) is 1. The number of hydrogen-bond acceptors (Lipinski definition) is 3. The van der Waals surface area contributed by atoms with Crippen molar-refractivity contribution in [1.82, 2.24) is 0 Å². The topological polar surface area (TPSA) is 71.4 Å². The minimum Gasteiger partial charge on any atom is -0.478 e. The molecule has 1 rings (SSSR count). The minimum atomic E-state index is -3.52. The summed E-state index contributed by atoms with van der Waals surface area (Å²) in [5.74, 6) is 0.974. The summed E-state index contributed by atoms with van der Waals surface area (Å²) in [5.41, 5.74) is -0.227. The Morgan fingerprint density at radius 3 is 2.67 bits per heavy atom. The van der Waals surface area contributed by atoms with Gasteiger partial charge in [-0.1, -0.05) is 11.6 Å². The molecule has 0 unspecified atom stereocenters. The average molecular weight is 287 g/mol. The highest BCUT2D eigenvalue weighted by Gasteiger charge is 2.18. The molecule has 0 fully saturated rings. The van der Waals surface area contributed by atoms with Gasteiger partial charge >= 0.3 is 5.97 Å². The van der Waals surface area contributed by atoms with Crippen LogP contribution in [0, 0.1) is 12.3 Å². The second kappa shape index (κ2) is 5.89. The van der Waals surface area contributed by atoms with Gasteiger partial charge in [-0.15, -0.1) is 12.3 Å². The number of aromatic carboxylic acids is 1. The molecule has 0 bridgehead atoms. The van der Waals surface area contributed by atoms with E-state index in [0.29, 0.717) is 12.8 Å². The molecule has 0 atom stereocenters. The monoisotopic (exact) mass is 286 g/mol. The summed E-state index contributed by atoms with van der Waals surface area (Å²) in [6.45, 7) is 0. The number of rotatable bonds is 5. The fourth-order valence-corrected chi connectivity index (χ4v) is 2.88. The molecule has 6 heteroatoms. The Bertz CT molecular complexity index is 599. The van der Waals surface area contributed by atoms with E-state index in [9.17, 15) is 13.2 Å². The Morgan fingerprint density at radius 2 is 2.11 bits per heavy atom. The molecular formula is C12H11ClO4S.